The minimum Gasteiger partial charge on any atom is -0.491 e. The van der Waals surface area contributed by atoms with Crippen LogP contribution in [0, 0.1) is 12.8 Å². The Hall–Kier alpha value is -2.63. The monoisotopic (exact) mass is 420 g/mol. The molecule has 1 fully saturated rings. The number of aromatic nitrogens is 1. The Morgan fingerprint density at radius 1 is 1.16 bits per heavy atom. The molecule has 5 heteroatoms. The number of carbonyl (C=O) groups is 1. The zero-order valence-electron chi connectivity index (χ0n) is 18.7. The van der Waals surface area contributed by atoms with Gasteiger partial charge in [-0.25, -0.2) is 0 Å². The highest BCUT2D eigenvalue weighted by molar-refractivity contribution is 6.09. The molecule has 31 heavy (non-hydrogen) atoms. The van der Waals surface area contributed by atoms with Crippen molar-refractivity contribution in [1.29, 1.82) is 0 Å². The summed E-state index contributed by atoms with van der Waals surface area (Å²) in [6, 6.07) is 15.9. The molecule has 0 bridgehead atoms. The van der Waals surface area contributed by atoms with E-state index in [1.807, 2.05) is 55.5 Å². The van der Waals surface area contributed by atoms with Gasteiger partial charge in [-0.2, -0.15) is 0 Å². The van der Waals surface area contributed by atoms with Crippen molar-refractivity contribution in [2.45, 2.75) is 39.7 Å². The first-order valence-electron chi connectivity index (χ1n) is 11.2. The van der Waals surface area contributed by atoms with Crippen LogP contribution in [0.3, 0.4) is 0 Å². The van der Waals surface area contributed by atoms with E-state index in [4.69, 9.17) is 4.74 Å². The highest BCUT2D eigenvalue weighted by Gasteiger charge is 2.20. The molecule has 0 amide bonds. The fraction of sp³-hybridized carbons (Fsp3) is 0.423. The van der Waals surface area contributed by atoms with Crippen LogP contribution in [0.4, 0.5) is 0 Å². The third-order valence-corrected chi connectivity index (χ3v) is 6.33. The molecule has 0 radical (unpaired) electrons. The van der Waals surface area contributed by atoms with Crippen molar-refractivity contribution in [2.24, 2.45) is 5.92 Å². The van der Waals surface area contributed by atoms with Gasteiger partial charge in [0.05, 0.1) is 5.52 Å². The van der Waals surface area contributed by atoms with Crippen LogP contribution >= 0.6 is 0 Å². The summed E-state index contributed by atoms with van der Waals surface area (Å²) < 4.78 is 8.04. The maximum atomic E-state index is 12.4. The Kier molecular flexibility index (Phi) is 6.44. The Balaban J connectivity index is 1.54. The predicted molar refractivity (Wildman–Crippen MR) is 124 cm³/mol. The number of ether oxygens (including phenoxy) is 1. The van der Waals surface area contributed by atoms with Crippen LogP contribution in [0.1, 0.15) is 42.7 Å². The molecule has 1 unspecified atom stereocenters. The molecular formula is C26H32N2O3. The number of benzene rings is 2. The van der Waals surface area contributed by atoms with Crippen LogP contribution in [0.15, 0.2) is 48.5 Å². The van der Waals surface area contributed by atoms with Gasteiger partial charge in [0, 0.05) is 28.9 Å². The fourth-order valence-electron chi connectivity index (χ4n) is 4.63. The number of rotatable bonds is 7. The van der Waals surface area contributed by atoms with Gasteiger partial charge in [0.2, 0.25) is 0 Å². The van der Waals surface area contributed by atoms with Crippen LogP contribution in [0.2, 0.25) is 0 Å². The highest BCUT2D eigenvalue weighted by Crippen LogP contribution is 2.32. The van der Waals surface area contributed by atoms with Gasteiger partial charge in [-0.1, -0.05) is 25.1 Å². The minimum absolute atomic E-state index is 0.0358. The highest BCUT2D eigenvalue weighted by atomic mass is 16.5. The largest absolute Gasteiger partial charge is 0.491 e. The molecule has 1 atom stereocenters. The number of β-amino-alcohol motifs (C(OH)–C–C–N with tert-alkyl or cyclic N) is 1. The van der Waals surface area contributed by atoms with Gasteiger partial charge >= 0.3 is 0 Å². The van der Waals surface area contributed by atoms with Gasteiger partial charge in [-0.05, 0) is 76.0 Å². The lowest BCUT2D eigenvalue weighted by atomic mass is 9.99. The number of hydrogen-bond acceptors (Lipinski definition) is 4. The number of hydrogen-bond donors (Lipinski definition) is 1. The van der Waals surface area contributed by atoms with Gasteiger partial charge in [-0.3, -0.25) is 4.79 Å². The number of fused-ring (bicyclic) bond motifs is 1. The van der Waals surface area contributed by atoms with Crippen molar-refractivity contribution in [3.8, 4) is 11.4 Å². The standard InChI is InChI=1S/C26H32N2O3/c1-18-11-13-27(14-12-18)16-22(30)17-31-23-9-10-25-24(15-23)26(20(3)29)19(2)28(25)21-7-5-4-6-8-21/h4-10,15,18,22,30H,11-14,16-17H2,1-3H3. The first-order chi connectivity index (χ1) is 14.9. The van der Waals surface area contributed by atoms with Crippen molar-refractivity contribution in [1.82, 2.24) is 9.47 Å². The second kappa shape index (κ2) is 9.25. The van der Waals surface area contributed by atoms with Gasteiger partial charge in [0.1, 0.15) is 18.5 Å². The summed E-state index contributed by atoms with van der Waals surface area (Å²) in [7, 11) is 0. The molecule has 1 aliphatic heterocycles. The molecule has 1 saturated heterocycles. The van der Waals surface area contributed by atoms with Crippen LogP contribution in [0.25, 0.3) is 16.6 Å². The number of piperidine rings is 1. The summed E-state index contributed by atoms with van der Waals surface area (Å²) in [5, 5.41) is 11.3. The Bertz CT molecular complexity index is 1050. The quantitative estimate of drug-likeness (QED) is 0.567. The minimum atomic E-state index is -0.535. The normalized spacial score (nSPS) is 16.5. The van der Waals surface area contributed by atoms with Crippen LogP contribution in [-0.4, -0.2) is 52.7 Å². The van der Waals surface area contributed by atoms with E-state index in [0.717, 1.165) is 41.3 Å². The number of Topliss-reactive ketones (excluding diaryl/α,β-unsaturated/α-hetero) is 1. The lowest BCUT2D eigenvalue weighted by Gasteiger charge is -2.31. The van der Waals surface area contributed by atoms with Crippen molar-refractivity contribution in [3.05, 3.63) is 59.8 Å². The number of aliphatic hydroxyl groups is 1. The maximum Gasteiger partial charge on any atom is 0.162 e. The van der Waals surface area contributed by atoms with E-state index in [9.17, 15) is 9.90 Å². The van der Waals surface area contributed by atoms with E-state index in [1.165, 1.54) is 12.8 Å². The first-order valence-corrected chi connectivity index (χ1v) is 11.2. The molecule has 0 aliphatic carbocycles. The van der Waals surface area contributed by atoms with Crippen LogP contribution in [-0.2, 0) is 0 Å². The lowest BCUT2D eigenvalue weighted by Crippen LogP contribution is -2.40. The second-order valence-electron chi connectivity index (χ2n) is 8.81. The zero-order valence-corrected chi connectivity index (χ0v) is 18.7. The van der Waals surface area contributed by atoms with Crippen molar-refractivity contribution < 1.29 is 14.6 Å². The number of carbonyl (C=O) groups excluding carboxylic acids is 1. The van der Waals surface area contributed by atoms with Gasteiger partial charge in [0.25, 0.3) is 0 Å². The topological polar surface area (TPSA) is 54.7 Å². The van der Waals surface area contributed by atoms with Crippen LogP contribution < -0.4 is 4.74 Å². The SMILES string of the molecule is CC(=O)c1c(C)n(-c2ccccc2)c2ccc(OCC(O)CN3CCC(C)CC3)cc12. The molecule has 2 aromatic carbocycles. The predicted octanol–water partition coefficient (Wildman–Crippen LogP) is 4.61. The van der Waals surface area contributed by atoms with Gasteiger partial charge < -0.3 is 19.3 Å². The summed E-state index contributed by atoms with van der Waals surface area (Å²) >= 11 is 0. The Labute approximate surface area is 184 Å². The number of para-hydroxylation sites is 1. The summed E-state index contributed by atoms with van der Waals surface area (Å²) in [5.74, 6) is 1.48. The Morgan fingerprint density at radius 3 is 2.55 bits per heavy atom. The Morgan fingerprint density at radius 2 is 1.87 bits per heavy atom. The molecule has 4 rings (SSSR count). The number of aliphatic hydroxyl groups excluding tert-OH is 1. The number of ketones is 1. The fourth-order valence-corrected chi connectivity index (χ4v) is 4.63. The molecular weight excluding hydrogens is 388 g/mol. The first kappa shape index (κ1) is 21.6. The molecule has 1 aliphatic rings. The summed E-state index contributed by atoms with van der Waals surface area (Å²) in [4.78, 5) is 14.8. The maximum absolute atomic E-state index is 12.4. The van der Waals surface area contributed by atoms with Crippen LogP contribution in [0.5, 0.6) is 5.75 Å². The average Bonchev–Trinajstić information content (AvgIpc) is 3.05. The smallest absolute Gasteiger partial charge is 0.162 e. The van der Waals surface area contributed by atoms with E-state index in [2.05, 4.69) is 16.4 Å². The third-order valence-electron chi connectivity index (χ3n) is 6.33. The van der Waals surface area contributed by atoms with E-state index in [-0.39, 0.29) is 12.4 Å². The molecule has 2 heterocycles. The van der Waals surface area contributed by atoms with E-state index in [1.54, 1.807) is 6.92 Å². The molecule has 1 aromatic heterocycles. The van der Waals surface area contributed by atoms with E-state index >= 15 is 0 Å². The molecule has 0 saturated carbocycles. The van der Waals surface area contributed by atoms with Crippen molar-refractivity contribution >= 4 is 16.7 Å². The molecule has 164 valence electrons. The molecule has 3 aromatic rings. The average molecular weight is 421 g/mol. The van der Waals surface area contributed by atoms with Gasteiger partial charge in [-0.15, -0.1) is 0 Å². The lowest BCUT2D eigenvalue weighted by molar-refractivity contribution is 0.0563. The van der Waals surface area contributed by atoms with Crippen molar-refractivity contribution in [2.75, 3.05) is 26.2 Å². The second-order valence-corrected chi connectivity index (χ2v) is 8.81. The number of likely N-dealkylation sites (tertiary alicyclic amines) is 1. The third kappa shape index (κ3) is 4.68. The molecule has 5 nitrogen and oxygen atoms in total. The molecule has 0 spiro atoms. The molecule has 1 N–H and O–H groups in total. The number of nitrogens with zero attached hydrogens (tertiary/aromatic N) is 2. The van der Waals surface area contributed by atoms with E-state index < -0.39 is 6.10 Å². The summed E-state index contributed by atoms with van der Waals surface area (Å²) in [6.07, 6.45) is 1.85. The summed E-state index contributed by atoms with van der Waals surface area (Å²) in [5.41, 5.74) is 3.64. The zero-order chi connectivity index (χ0) is 22.0. The van der Waals surface area contributed by atoms with E-state index in [0.29, 0.717) is 17.9 Å². The van der Waals surface area contributed by atoms with Crippen molar-refractivity contribution in [3.63, 3.8) is 0 Å². The summed E-state index contributed by atoms with van der Waals surface area (Å²) in [6.45, 7) is 8.83. The van der Waals surface area contributed by atoms with Gasteiger partial charge in [0.15, 0.2) is 5.78 Å².